The van der Waals surface area contributed by atoms with Gasteiger partial charge >= 0.3 is 0 Å². The summed E-state index contributed by atoms with van der Waals surface area (Å²) < 4.78 is 0. The van der Waals surface area contributed by atoms with Crippen molar-refractivity contribution < 1.29 is 0 Å². The lowest BCUT2D eigenvalue weighted by Gasteiger charge is -2.39. The van der Waals surface area contributed by atoms with Crippen molar-refractivity contribution in [2.24, 2.45) is 5.92 Å². The second-order valence-electron chi connectivity index (χ2n) is 6.61. The number of benzene rings is 1. The molecule has 3 rings (SSSR count). The number of anilines is 1. The lowest BCUT2D eigenvalue weighted by molar-refractivity contribution is 0.389. The van der Waals surface area contributed by atoms with E-state index in [0.717, 1.165) is 30.1 Å². The Balaban J connectivity index is 1.82. The van der Waals surface area contributed by atoms with Crippen LogP contribution in [0.5, 0.6) is 0 Å². The molecule has 1 saturated carbocycles. The largest absolute Gasteiger partial charge is 0.368 e. The van der Waals surface area contributed by atoms with Crippen LogP contribution in [0, 0.1) is 5.92 Å². The van der Waals surface area contributed by atoms with E-state index >= 15 is 0 Å². The van der Waals surface area contributed by atoms with Gasteiger partial charge in [0.05, 0.1) is 0 Å². The smallest absolute Gasteiger partial charge is 0.0429 e. The Morgan fingerprint density at radius 1 is 1.20 bits per heavy atom. The Kier molecular flexibility index (Phi) is 4.23. The van der Waals surface area contributed by atoms with Gasteiger partial charge in [-0.25, -0.2) is 0 Å². The van der Waals surface area contributed by atoms with Crippen LogP contribution in [0.15, 0.2) is 18.2 Å². The first kappa shape index (κ1) is 14.2. The minimum Gasteiger partial charge on any atom is -0.368 e. The minimum atomic E-state index is 0.615. The molecule has 0 bridgehead atoms. The summed E-state index contributed by atoms with van der Waals surface area (Å²) in [5.41, 5.74) is 2.73. The molecule has 1 heterocycles. The maximum atomic E-state index is 6.25. The van der Waals surface area contributed by atoms with Gasteiger partial charge in [0.2, 0.25) is 0 Å². The molecule has 1 aromatic carbocycles. The lowest BCUT2D eigenvalue weighted by atomic mass is 9.93. The molecule has 110 valence electrons. The Hall–Kier alpha value is -0.730. The van der Waals surface area contributed by atoms with E-state index in [1.807, 2.05) is 6.07 Å². The Bertz CT molecular complexity index is 470. The fourth-order valence-corrected chi connectivity index (χ4v) is 3.29. The zero-order valence-electron chi connectivity index (χ0n) is 12.5. The molecule has 0 aromatic heterocycles. The van der Waals surface area contributed by atoms with Gasteiger partial charge in [0.1, 0.15) is 0 Å². The van der Waals surface area contributed by atoms with Gasteiger partial charge in [0.15, 0.2) is 0 Å². The van der Waals surface area contributed by atoms with Gasteiger partial charge in [-0.1, -0.05) is 24.6 Å². The highest BCUT2D eigenvalue weighted by molar-refractivity contribution is 6.30. The molecule has 3 heteroatoms. The predicted octanol–water partition coefficient (Wildman–Crippen LogP) is 4.22. The molecular formula is C17H25ClN2. The molecular weight excluding hydrogens is 268 g/mol. The van der Waals surface area contributed by atoms with Crippen LogP contribution in [0.1, 0.15) is 45.1 Å². The van der Waals surface area contributed by atoms with Gasteiger partial charge in [-0.15, -0.1) is 0 Å². The van der Waals surface area contributed by atoms with Crippen LogP contribution in [0.25, 0.3) is 0 Å². The third-order valence-electron chi connectivity index (χ3n) is 4.63. The summed E-state index contributed by atoms with van der Waals surface area (Å²) in [7, 11) is 0. The normalized spacial score (nSPS) is 26.9. The Morgan fingerprint density at radius 2 is 2.00 bits per heavy atom. The first-order valence-corrected chi connectivity index (χ1v) is 8.29. The van der Waals surface area contributed by atoms with E-state index in [9.17, 15) is 0 Å². The van der Waals surface area contributed by atoms with Crippen LogP contribution in [-0.2, 0) is 6.54 Å². The van der Waals surface area contributed by atoms with Gasteiger partial charge in [-0.2, -0.15) is 0 Å². The molecule has 20 heavy (non-hydrogen) atoms. The van der Waals surface area contributed by atoms with Crippen LogP contribution in [-0.4, -0.2) is 18.6 Å². The fraction of sp³-hybridized carbons (Fsp3) is 0.647. The van der Waals surface area contributed by atoms with Crippen molar-refractivity contribution in [1.82, 2.24) is 5.32 Å². The zero-order chi connectivity index (χ0) is 14.1. The second-order valence-corrected chi connectivity index (χ2v) is 7.05. The predicted molar refractivity (Wildman–Crippen MR) is 86.5 cm³/mol. The summed E-state index contributed by atoms with van der Waals surface area (Å²) in [4.78, 5) is 2.56. The van der Waals surface area contributed by atoms with E-state index in [-0.39, 0.29) is 0 Å². The second kappa shape index (κ2) is 5.95. The highest BCUT2D eigenvalue weighted by Crippen LogP contribution is 2.32. The third kappa shape index (κ3) is 3.29. The number of nitrogens with zero attached hydrogens (tertiary/aromatic N) is 1. The number of hydrogen-bond acceptors (Lipinski definition) is 2. The average Bonchev–Trinajstić information content (AvgIpc) is 3.24. The van der Waals surface area contributed by atoms with Crippen LogP contribution >= 0.6 is 11.6 Å². The maximum Gasteiger partial charge on any atom is 0.0429 e. The molecule has 0 amide bonds. The standard InChI is InChI=1S/C17H25ClN2/c1-12-3-4-13(2)20(11-12)17-9-15(18)6-5-14(17)10-19-16-7-8-16/h5-6,9,12-13,16,19H,3-4,7-8,10-11H2,1-2H3. The molecule has 1 aromatic rings. The lowest BCUT2D eigenvalue weighted by Crippen LogP contribution is -2.41. The maximum absolute atomic E-state index is 6.25. The van der Waals surface area contributed by atoms with Crippen LogP contribution in [0.2, 0.25) is 5.02 Å². The molecule has 0 spiro atoms. The topological polar surface area (TPSA) is 15.3 Å². The van der Waals surface area contributed by atoms with Crippen molar-refractivity contribution in [3.8, 4) is 0 Å². The molecule has 2 unspecified atom stereocenters. The molecule has 1 aliphatic heterocycles. The van der Waals surface area contributed by atoms with E-state index in [4.69, 9.17) is 11.6 Å². The molecule has 1 aliphatic carbocycles. The Morgan fingerprint density at radius 3 is 2.75 bits per heavy atom. The van der Waals surface area contributed by atoms with Crippen molar-refractivity contribution in [3.63, 3.8) is 0 Å². The first-order chi connectivity index (χ1) is 9.63. The van der Waals surface area contributed by atoms with Gasteiger partial charge in [-0.05, 0) is 56.2 Å². The Labute approximate surface area is 127 Å². The van der Waals surface area contributed by atoms with Crippen molar-refractivity contribution in [2.75, 3.05) is 11.4 Å². The average molecular weight is 293 g/mol. The van der Waals surface area contributed by atoms with E-state index in [1.54, 1.807) is 0 Å². The monoisotopic (exact) mass is 292 g/mol. The number of hydrogen-bond donors (Lipinski definition) is 1. The van der Waals surface area contributed by atoms with Gasteiger partial charge < -0.3 is 10.2 Å². The van der Waals surface area contributed by atoms with Crippen molar-refractivity contribution in [1.29, 1.82) is 0 Å². The quantitative estimate of drug-likeness (QED) is 0.894. The zero-order valence-corrected chi connectivity index (χ0v) is 13.3. The summed E-state index contributed by atoms with van der Waals surface area (Å²) in [5.74, 6) is 0.773. The molecule has 0 radical (unpaired) electrons. The summed E-state index contributed by atoms with van der Waals surface area (Å²) in [5, 5.41) is 4.48. The SMILES string of the molecule is CC1CCC(C)N(c2cc(Cl)ccc2CNC2CC2)C1. The van der Waals surface area contributed by atoms with Crippen LogP contribution in [0.4, 0.5) is 5.69 Å². The van der Waals surface area contributed by atoms with Crippen LogP contribution in [0.3, 0.4) is 0 Å². The molecule has 2 aliphatic rings. The third-order valence-corrected chi connectivity index (χ3v) is 4.87. The highest BCUT2D eigenvalue weighted by atomic mass is 35.5. The number of piperidine rings is 1. The number of rotatable bonds is 4. The number of halogens is 1. The fourth-order valence-electron chi connectivity index (χ4n) is 3.12. The van der Waals surface area contributed by atoms with E-state index in [0.29, 0.717) is 6.04 Å². The number of nitrogens with one attached hydrogen (secondary N) is 1. The summed E-state index contributed by atoms with van der Waals surface area (Å²) in [6.07, 6.45) is 5.29. The van der Waals surface area contributed by atoms with E-state index < -0.39 is 0 Å². The van der Waals surface area contributed by atoms with Crippen LogP contribution < -0.4 is 10.2 Å². The molecule has 1 saturated heterocycles. The molecule has 1 N–H and O–H groups in total. The highest BCUT2D eigenvalue weighted by Gasteiger charge is 2.26. The first-order valence-electron chi connectivity index (χ1n) is 7.92. The van der Waals surface area contributed by atoms with Crippen molar-refractivity contribution in [2.45, 2.75) is 58.2 Å². The van der Waals surface area contributed by atoms with E-state index in [1.165, 1.54) is 36.9 Å². The van der Waals surface area contributed by atoms with E-state index in [2.05, 4.69) is 36.2 Å². The summed E-state index contributed by atoms with van der Waals surface area (Å²) in [6.45, 7) is 6.81. The van der Waals surface area contributed by atoms with Gasteiger partial charge in [-0.3, -0.25) is 0 Å². The van der Waals surface area contributed by atoms with Gasteiger partial charge in [0, 0.05) is 35.9 Å². The van der Waals surface area contributed by atoms with Crippen molar-refractivity contribution >= 4 is 17.3 Å². The molecule has 2 fully saturated rings. The van der Waals surface area contributed by atoms with Crippen molar-refractivity contribution in [3.05, 3.63) is 28.8 Å². The minimum absolute atomic E-state index is 0.615. The summed E-state index contributed by atoms with van der Waals surface area (Å²) in [6, 6.07) is 7.73. The molecule has 2 nitrogen and oxygen atoms in total. The molecule has 2 atom stereocenters. The summed E-state index contributed by atoms with van der Waals surface area (Å²) >= 11 is 6.25. The van der Waals surface area contributed by atoms with Gasteiger partial charge in [0.25, 0.3) is 0 Å².